The second-order valence-electron chi connectivity index (χ2n) is 8.43. The summed E-state index contributed by atoms with van der Waals surface area (Å²) in [6.45, 7) is 5.59. The molecule has 1 saturated heterocycles. The molecule has 1 heterocycles. The number of methoxy groups -OCH3 is 1. The van der Waals surface area contributed by atoms with Crippen molar-refractivity contribution in [3.8, 4) is 5.75 Å². The fourth-order valence-electron chi connectivity index (χ4n) is 4.01. The van der Waals surface area contributed by atoms with Crippen molar-refractivity contribution in [2.45, 2.75) is 24.7 Å². The summed E-state index contributed by atoms with van der Waals surface area (Å²) in [7, 11) is -2.01. The Labute approximate surface area is 207 Å². The van der Waals surface area contributed by atoms with E-state index < -0.39 is 15.8 Å². The second-order valence-corrected chi connectivity index (χ2v) is 10.4. The zero-order valence-electron chi connectivity index (χ0n) is 20.4. The Bertz CT molecular complexity index is 1100. The maximum absolute atomic E-state index is 13.2. The Balaban J connectivity index is 1.55. The van der Waals surface area contributed by atoms with Crippen LogP contribution in [0.3, 0.4) is 0 Å². The highest BCUT2D eigenvalue weighted by molar-refractivity contribution is 7.89. The predicted octanol–water partition coefficient (Wildman–Crippen LogP) is 3.48. The van der Waals surface area contributed by atoms with Crippen LogP contribution in [-0.4, -0.2) is 81.4 Å². The number of rotatable bonds is 11. The number of piperazine rings is 1. The van der Waals surface area contributed by atoms with Crippen molar-refractivity contribution in [2.24, 2.45) is 0 Å². The van der Waals surface area contributed by atoms with Gasteiger partial charge in [-0.1, -0.05) is 37.3 Å². The fourth-order valence-corrected chi connectivity index (χ4v) is 5.43. The number of ether oxygens (including phenoxy) is 1. The smallest absolute Gasteiger partial charge is 0.243 e. The molecule has 0 radical (unpaired) electrons. The number of para-hydroxylation sites is 1. The molecule has 2 aromatic rings. The van der Waals surface area contributed by atoms with Gasteiger partial charge < -0.3 is 9.64 Å². The minimum absolute atomic E-state index is 0.102. The lowest BCUT2D eigenvalue weighted by atomic mass is 10.2. The van der Waals surface area contributed by atoms with Gasteiger partial charge in [0.15, 0.2) is 0 Å². The van der Waals surface area contributed by atoms with E-state index in [2.05, 4.69) is 4.90 Å². The number of sulfonamides is 1. The lowest BCUT2D eigenvalue weighted by molar-refractivity contribution is -0.130. The summed E-state index contributed by atoms with van der Waals surface area (Å²) in [4.78, 5) is 16.8. The largest absolute Gasteiger partial charge is 0.496 e. The molecular formula is C26H34FN3O4S. The number of amides is 1. The highest BCUT2D eigenvalue weighted by Gasteiger charge is 2.28. The molecule has 7 nitrogen and oxygen atoms in total. The van der Waals surface area contributed by atoms with Gasteiger partial charge in [-0.25, -0.2) is 12.8 Å². The van der Waals surface area contributed by atoms with E-state index in [1.165, 1.54) is 16.4 Å². The molecule has 1 fully saturated rings. The molecule has 9 heteroatoms. The molecule has 0 spiro atoms. The van der Waals surface area contributed by atoms with Crippen molar-refractivity contribution in [3.63, 3.8) is 0 Å². The van der Waals surface area contributed by atoms with E-state index >= 15 is 0 Å². The van der Waals surface area contributed by atoms with Crippen LogP contribution in [0.5, 0.6) is 5.75 Å². The predicted molar refractivity (Wildman–Crippen MR) is 135 cm³/mol. The van der Waals surface area contributed by atoms with Gasteiger partial charge in [0.05, 0.1) is 12.0 Å². The van der Waals surface area contributed by atoms with Crippen molar-refractivity contribution in [3.05, 3.63) is 66.0 Å². The summed E-state index contributed by atoms with van der Waals surface area (Å²) in [5.74, 6) is 0.423. The first-order chi connectivity index (χ1) is 16.8. The van der Waals surface area contributed by atoms with Crippen LogP contribution < -0.4 is 4.74 Å². The molecule has 1 amide bonds. The maximum atomic E-state index is 13.2. The van der Waals surface area contributed by atoms with Gasteiger partial charge in [-0.05, 0) is 36.8 Å². The van der Waals surface area contributed by atoms with Gasteiger partial charge in [-0.15, -0.1) is 0 Å². The number of carbonyl (C=O) groups is 1. The zero-order valence-corrected chi connectivity index (χ0v) is 21.2. The van der Waals surface area contributed by atoms with E-state index in [4.69, 9.17) is 4.74 Å². The number of halogens is 1. The number of hydrogen-bond donors (Lipinski definition) is 0. The summed E-state index contributed by atoms with van der Waals surface area (Å²) in [5, 5.41) is 0. The Kier molecular flexibility index (Phi) is 9.83. The fraction of sp³-hybridized carbons (Fsp3) is 0.423. The van der Waals surface area contributed by atoms with Crippen LogP contribution in [-0.2, 0) is 14.8 Å². The van der Waals surface area contributed by atoms with Gasteiger partial charge in [-0.2, -0.15) is 4.31 Å². The molecule has 0 N–H and O–H groups in total. The third-order valence-corrected chi connectivity index (χ3v) is 7.96. The second kappa shape index (κ2) is 12.8. The molecule has 190 valence electrons. The Hall–Kier alpha value is -2.75. The quantitative estimate of drug-likeness (QED) is 0.470. The van der Waals surface area contributed by atoms with Crippen LogP contribution in [0.15, 0.2) is 59.5 Å². The van der Waals surface area contributed by atoms with E-state index in [0.717, 1.165) is 29.9 Å². The zero-order chi connectivity index (χ0) is 25.3. The van der Waals surface area contributed by atoms with Gasteiger partial charge in [0.2, 0.25) is 15.9 Å². The number of benzene rings is 2. The van der Waals surface area contributed by atoms with Crippen LogP contribution in [0.4, 0.5) is 4.39 Å². The first kappa shape index (κ1) is 26.8. The van der Waals surface area contributed by atoms with Gasteiger partial charge in [0.25, 0.3) is 0 Å². The summed E-state index contributed by atoms with van der Waals surface area (Å²) >= 11 is 0. The van der Waals surface area contributed by atoms with E-state index in [1.54, 1.807) is 7.11 Å². The molecule has 0 bridgehead atoms. The molecule has 2 aromatic carbocycles. The Morgan fingerprint density at radius 1 is 1.09 bits per heavy atom. The van der Waals surface area contributed by atoms with E-state index in [-0.39, 0.29) is 10.8 Å². The normalized spacial score (nSPS) is 15.4. The minimum atomic E-state index is -3.64. The molecule has 0 saturated carbocycles. The van der Waals surface area contributed by atoms with Crippen LogP contribution >= 0.6 is 0 Å². The van der Waals surface area contributed by atoms with Crippen LogP contribution in [0, 0.1) is 5.82 Å². The van der Waals surface area contributed by atoms with E-state index in [0.29, 0.717) is 52.2 Å². The lowest BCUT2D eigenvalue weighted by Gasteiger charge is -2.35. The number of carbonyl (C=O) groups excluding carboxylic acids is 1. The monoisotopic (exact) mass is 503 g/mol. The topological polar surface area (TPSA) is 70.2 Å². The van der Waals surface area contributed by atoms with Crippen LogP contribution in [0.1, 0.15) is 25.3 Å². The van der Waals surface area contributed by atoms with Gasteiger partial charge in [-0.3, -0.25) is 9.69 Å². The third-order valence-electron chi connectivity index (χ3n) is 6.05. The minimum Gasteiger partial charge on any atom is -0.496 e. The maximum Gasteiger partial charge on any atom is 0.243 e. The average molecular weight is 504 g/mol. The number of hydrogen-bond acceptors (Lipinski definition) is 5. The molecule has 1 aliphatic rings. The molecular weight excluding hydrogens is 469 g/mol. The molecule has 0 atom stereocenters. The van der Waals surface area contributed by atoms with Crippen molar-refractivity contribution in [1.29, 1.82) is 0 Å². The highest BCUT2D eigenvalue weighted by atomic mass is 32.2. The standard InChI is InChI=1S/C26H34FN3O4S/c1-3-7-26(31)29(15-6-9-22-8-4-5-10-25(22)34-2)19-16-28-17-20-30(21-18-28)35(32,33)24-13-11-23(27)12-14-24/h4-6,8-14H,3,7,15-21H2,1-2H3/b9-6+. The Morgan fingerprint density at radius 2 is 1.77 bits per heavy atom. The summed E-state index contributed by atoms with van der Waals surface area (Å²) in [6, 6.07) is 12.6. The van der Waals surface area contributed by atoms with Gasteiger partial charge in [0.1, 0.15) is 11.6 Å². The van der Waals surface area contributed by atoms with Gasteiger partial charge in [0, 0.05) is 57.8 Å². The van der Waals surface area contributed by atoms with Crippen LogP contribution in [0.2, 0.25) is 0 Å². The molecule has 0 unspecified atom stereocenters. The highest BCUT2D eigenvalue weighted by Crippen LogP contribution is 2.19. The van der Waals surface area contributed by atoms with Crippen molar-refractivity contribution in [1.82, 2.24) is 14.1 Å². The molecule has 35 heavy (non-hydrogen) atoms. The average Bonchev–Trinajstić information content (AvgIpc) is 2.87. The van der Waals surface area contributed by atoms with Crippen molar-refractivity contribution < 1.29 is 22.3 Å². The van der Waals surface area contributed by atoms with Crippen molar-refractivity contribution in [2.75, 3.05) is 52.9 Å². The van der Waals surface area contributed by atoms with E-state index in [1.807, 2.05) is 48.2 Å². The van der Waals surface area contributed by atoms with E-state index in [9.17, 15) is 17.6 Å². The summed E-state index contributed by atoms with van der Waals surface area (Å²) in [5.41, 5.74) is 0.955. The third kappa shape index (κ3) is 7.37. The molecule has 3 rings (SSSR count). The summed E-state index contributed by atoms with van der Waals surface area (Å²) in [6.07, 6.45) is 5.21. The molecule has 0 aliphatic carbocycles. The SMILES string of the molecule is CCCC(=O)N(C/C=C/c1ccccc1OC)CCN1CCN(S(=O)(=O)c2ccc(F)cc2)CC1. The molecule has 0 aromatic heterocycles. The first-order valence-corrected chi connectivity index (χ1v) is 13.3. The molecule has 1 aliphatic heterocycles. The van der Waals surface area contributed by atoms with Crippen LogP contribution in [0.25, 0.3) is 6.08 Å². The lowest BCUT2D eigenvalue weighted by Crippen LogP contribution is -2.50. The van der Waals surface area contributed by atoms with Crippen molar-refractivity contribution >= 4 is 22.0 Å². The Morgan fingerprint density at radius 3 is 2.43 bits per heavy atom. The van der Waals surface area contributed by atoms with Gasteiger partial charge >= 0.3 is 0 Å². The summed E-state index contributed by atoms with van der Waals surface area (Å²) < 4.78 is 45.6. The number of nitrogens with zero attached hydrogens (tertiary/aromatic N) is 3. The first-order valence-electron chi connectivity index (χ1n) is 11.9.